The van der Waals surface area contributed by atoms with Gasteiger partial charge in [0, 0.05) is 71.2 Å². The van der Waals surface area contributed by atoms with Gasteiger partial charge in [0.05, 0.1) is 0 Å². The van der Waals surface area contributed by atoms with Crippen molar-refractivity contribution in [2.24, 2.45) is 0 Å². The quantitative estimate of drug-likeness (QED) is 0.122. The van der Waals surface area contributed by atoms with Gasteiger partial charge >= 0.3 is 12.3 Å². The first-order chi connectivity index (χ1) is 7.70. The fraction of sp³-hybridized carbons (Fsp3) is 0.700. The van der Waals surface area contributed by atoms with Crippen LogP contribution in [0, 0.1) is 71.2 Å². The number of hydrogen-bond acceptors (Lipinski definition) is 12. The summed E-state index contributed by atoms with van der Waals surface area (Å²) in [6, 6.07) is 0. The van der Waals surface area contributed by atoms with E-state index >= 15 is 0 Å². The van der Waals surface area contributed by atoms with E-state index in [1.807, 2.05) is 27.7 Å². The average Bonchev–Trinajstić information content (AvgIpc) is 2.38. The number of hydrogen-bond donors (Lipinski definition) is 4. The van der Waals surface area contributed by atoms with Gasteiger partial charge in [-0.1, -0.05) is 50.0 Å². The van der Waals surface area contributed by atoms with E-state index in [-0.39, 0.29) is 161 Å². The zero-order chi connectivity index (χ0) is 13.4. The fourth-order valence-electron chi connectivity index (χ4n) is 0.148. The molecule has 0 unspecified atom stereocenters. The van der Waals surface area contributed by atoms with E-state index in [1.54, 1.807) is 0 Å². The van der Waals surface area contributed by atoms with Gasteiger partial charge in [-0.25, -0.2) is 4.89 Å². The minimum atomic E-state index is -1.71. The van der Waals surface area contributed by atoms with Crippen molar-refractivity contribution in [1.82, 2.24) is 18.5 Å². The van der Waals surface area contributed by atoms with Gasteiger partial charge in [0.15, 0.2) is 0 Å². The van der Waals surface area contributed by atoms with E-state index in [1.165, 1.54) is 0 Å². The third-order valence-electron chi connectivity index (χ3n) is 0.396. The Balaban J connectivity index is -0.00000000425. The Kier molecular flexibility index (Phi) is 1310. The van der Waals surface area contributed by atoms with Crippen LogP contribution in [0.1, 0.15) is 50.0 Å². The molecule has 2 radical (unpaired) electrons. The Hall–Kier alpha value is -0.120. The summed E-state index contributed by atoms with van der Waals surface area (Å²) in [5.41, 5.74) is 0. The predicted molar refractivity (Wildman–Crippen MR) is 115 cm³/mol. The zero-order valence-electron chi connectivity index (χ0n) is 17.0. The molecule has 0 atom stereocenters. The van der Waals surface area contributed by atoms with E-state index in [0.717, 1.165) is 0 Å². The molecule has 0 rings (SSSR count). The van der Waals surface area contributed by atoms with Crippen LogP contribution in [0.25, 0.3) is 0 Å². The summed E-state index contributed by atoms with van der Waals surface area (Å²) < 4.78 is 0. The van der Waals surface area contributed by atoms with Crippen molar-refractivity contribution in [3.05, 3.63) is 0 Å². The van der Waals surface area contributed by atoms with Crippen LogP contribution in [0.3, 0.4) is 0 Å². The predicted octanol–water partition coefficient (Wildman–Crippen LogP) is -3.30. The molecule has 0 aromatic carbocycles. The van der Waals surface area contributed by atoms with Crippen LogP contribution in [0.5, 0.6) is 0 Å². The molecule has 0 aliphatic heterocycles. The normalized spacial score (nSPS) is 3.18. The SMILES string of the molecule is C.C.C.CC.CC.N.N.N.O.O.O.O.O.O.O.O.O.O=[C-]OOC(=O)OOC(=O)OO.[La].[La]. The Morgan fingerprint density at radius 1 is 0.576 bits per heavy atom. The molecule has 23 heteroatoms. The molecule has 0 amide bonds. The Labute approximate surface area is 250 Å². The van der Waals surface area contributed by atoms with Gasteiger partial charge in [0.2, 0.25) is 0 Å². The molecule has 28 N–H and O–H groups in total. The van der Waals surface area contributed by atoms with Crippen molar-refractivity contribution in [2.75, 3.05) is 0 Å². The molecule has 222 valence electrons. The summed E-state index contributed by atoms with van der Waals surface area (Å²) >= 11 is 0. The van der Waals surface area contributed by atoms with Crippen molar-refractivity contribution in [2.45, 2.75) is 50.0 Å². The summed E-state index contributed by atoms with van der Waals surface area (Å²) in [6.45, 7) is 8.71. The second kappa shape index (κ2) is 215. The first-order valence-electron chi connectivity index (χ1n) is 4.15. The minimum absolute atomic E-state index is 0. The van der Waals surface area contributed by atoms with E-state index in [4.69, 9.17) is 5.26 Å². The smallest absolute Gasteiger partial charge is 0.494 e. The van der Waals surface area contributed by atoms with Gasteiger partial charge in [0.1, 0.15) is 0 Å². The van der Waals surface area contributed by atoms with Crippen molar-refractivity contribution in [1.29, 1.82) is 0 Å². The fourth-order valence-corrected chi connectivity index (χ4v) is 0.148. The molecule has 0 aromatic heterocycles. The third kappa shape index (κ3) is 240. The molecule has 0 aliphatic carbocycles. The van der Waals surface area contributed by atoms with Gasteiger partial charge in [-0.15, -0.1) is 0 Å². The zero-order valence-corrected chi connectivity index (χ0v) is 24.2. The van der Waals surface area contributed by atoms with Crippen LogP contribution < -0.4 is 18.5 Å². The minimum Gasteiger partial charge on any atom is -0.494 e. The summed E-state index contributed by atoms with van der Waals surface area (Å²) in [5.74, 6) is 0. The molecular weight excluding hydrogens is 728 g/mol. The molecule has 0 spiro atoms. The number of rotatable bonds is 2. The van der Waals surface area contributed by atoms with Gasteiger partial charge in [0.25, 0.3) is 0 Å². The van der Waals surface area contributed by atoms with Crippen LogP contribution in [-0.4, -0.2) is 73.3 Å². The third-order valence-corrected chi connectivity index (χ3v) is 0.396. The first kappa shape index (κ1) is 201. The van der Waals surface area contributed by atoms with Crippen LogP contribution >= 0.6 is 0 Å². The van der Waals surface area contributed by atoms with Gasteiger partial charge < -0.3 is 77.4 Å². The maximum atomic E-state index is 10.1. The van der Waals surface area contributed by atoms with Crippen molar-refractivity contribution in [3.63, 3.8) is 0 Å². The maximum absolute atomic E-state index is 10.1. The molecule has 21 nitrogen and oxygen atoms in total. The molecule has 0 aliphatic rings. The average molecular weight is 780 g/mol. The molecule has 33 heavy (non-hydrogen) atoms. The Morgan fingerprint density at radius 3 is 0.970 bits per heavy atom. The van der Waals surface area contributed by atoms with Crippen molar-refractivity contribution < 1.29 is 165 Å². The van der Waals surface area contributed by atoms with Crippen molar-refractivity contribution >= 4 is 18.8 Å². The molecule has 0 heterocycles. The first-order valence-corrected chi connectivity index (χ1v) is 4.15. The molecule has 0 saturated carbocycles. The molecule has 0 fully saturated rings. The van der Waals surface area contributed by atoms with E-state index in [0.29, 0.717) is 6.47 Å². The second-order valence-electron chi connectivity index (χ2n) is 1.01. The van der Waals surface area contributed by atoms with Crippen LogP contribution in [0.4, 0.5) is 9.59 Å². The topological polar surface area (TPSA) is 506 Å². The van der Waals surface area contributed by atoms with Gasteiger partial charge in [-0.3, -0.25) is 4.89 Å². The Morgan fingerprint density at radius 2 is 0.788 bits per heavy atom. The van der Waals surface area contributed by atoms with Crippen LogP contribution in [0.15, 0.2) is 0 Å². The molecule has 0 bridgehead atoms. The summed E-state index contributed by atoms with van der Waals surface area (Å²) in [6.07, 6.45) is -3.37. The molecule has 0 saturated heterocycles. The number of carbonyl (C=O) groups excluding carboxylic acids is 3. The standard InChI is InChI=1S/C3HO9.2C2H6.3CH4.2La.3H3N.9H2O/c4-1-8-10-3(6)12-11-2(5)9-7;2*1-2;;;;;;;;;;;;;;;;;/h7H;2*1-2H3;3*1H4;;;3*1H3;9*1H2/q-1;;;;;;;;;;;;;;;;;;;. The number of carbonyl (C=O) groups is 2. The van der Waals surface area contributed by atoms with Crippen LogP contribution in [-0.2, 0) is 29.2 Å². The van der Waals surface area contributed by atoms with Crippen molar-refractivity contribution in [3.8, 4) is 0 Å². The summed E-state index contributed by atoms with van der Waals surface area (Å²) in [5, 5.41) is 7.52. The van der Waals surface area contributed by atoms with E-state index in [2.05, 4.69) is 24.4 Å². The molecular formula is C10H52La2N3O18-. The monoisotopic (exact) mass is 780 g/mol. The second-order valence-corrected chi connectivity index (χ2v) is 1.01. The molecule has 0 aromatic rings. The summed E-state index contributed by atoms with van der Waals surface area (Å²) in [4.78, 5) is 45.5. The summed E-state index contributed by atoms with van der Waals surface area (Å²) in [7, 11) is 0. The Bertz CT molecular complexity index is 214. The van der Waals surface area contributed by atoms with Gasteiger partial charge in [-0.2, -0.15) is 24.6 Å². The van der Waals surface area contributed by atoms with Crippen LogP contribution in [0.2, 0.25) is 0 Å². The van der Waals surface area contributed by atoms with E-state index < -0.39 is 12.3 Å². The maximum Gasteiger partial charge on any atom is 0.589 e. The van der Waals surface area contributed by atoms with E-state index in [9.17, 15) is 14.4 Å². The van der Waals surface area contributed by atoms with Gasteiger partial charge in [-0.05, 0) is 6.47 Å². The largest absolute Gasteiger partial charge is 0.589 e.